The molecule has 2 aromatic rings. The van der Waals surface area contributed by atoms with Crippen LogP contribution >= 0.6 is 0 Å². The predicted molar refractivity (Wildman–Crippen MR) is 65.2 cm³/mol. The highest BCUT2D eigenvalue weighted by atomic mass is 16.4. The van der Waals surface area contributed by atoms with Crippen LogP contribution in [0.2, 0.25) is 0 Å². The van der Waals surface area contributed by atoms with E-state index in [0.717, 1.165) is 12.0 Å². The summed E-state index contributed by atoms with van der Waals surface area (Å²) >= 11 is 0. The monoisotopic (exact) mass is 230 g/mol. The van der Waals surface area contributed by atoms with E-state index in [4.69, 9.17) is 4.42 Å². The van der Waals surface area contributed by atoms with Gasteiger partial charge >= 0.3 is 5.63 Å². The van der Waals surface area contributed by atoms with Crippen LogP contribution in [0.5, 0.6) is 5.75 Å². The van der Waals surface area contributed by atoms with E-state index < -0.39 is 5.63 Å². The highest BCUT2D eigenvalue weighted by molar-refractivity contribution is 5.38. The summed E-state index contributed by atoms with van der Waals surface area (Å²) < 4.78 is 4.83. The van der Waals surface area contributed by atoms with Crippen LogP contribution in [0, 0.1) is 0 Å². The zero-order valence-electron chi connectivity index (χ0n) is 9.59. The van der Waals surface area contributed by atoms with Crippen LogP contribution in [-0.4, -0.2) is 5.11 Å². The first-order valence-electron chi connectivity index (χ1n) is 5.59. The number of hydrogen-bond donors (Lipinski definition) is 1. The second kappa shape index (κ2) is 4.87. The molecular weight excluding hydrogens is 216 g/mol. The maximum atomic E-state index is 11.7. The van der Waals surface area contributed by atoms with E-state index in [1.807, 2.05) is 37.3 Å². The van der Waals surface area contributed by atoms with Gasteiger partial charge in [0, 0.05) is 12.0 Å². The summed E-state index contributed by atoms with van der Waals surface area (Å²) in [6.45, 7) is 1.98. The number of aromatic hydroxyl groups is 1. The Labute approximate surface area is 99.3 Å². The Morgan fingerprint density at radius 2 is 1.94 bits per heavy atom. The molecule has 88 valence electrons. The van der Waals surface area contributed by atoms with Crippen molar-refractivity contribution < 1.29 is 9.52 Å². The van der Waals surface area contributed by atoms with Crippen molar-refractivity contribution in [2.45, 2.75) is 19.3 Å². The Morgan fingerprint density at radius 1 is 1.24 bits per heavy atom. The molecule has 0 bridgehead atoms. The fourth-order valence-electron chi connectivity index (χ4n) is 2.03. The van der Waals surface area contributed by atoms with Crippen molar-refractivity contribution in [2.75, 3.05) is 0 Å². The highest BCUT2D eigenvalue weighted by Crippen LogP contribution is 2.30. The van der Waals surface area contributed by atoms with Gasteiger partial charge in [-0.15, -0.1) is 0 Å². The van der Waals surface area contributed by atoms with E-state index in [1.165, 1.54) is 12.3 Å². The lowest BCUT2D eigenvalue weighted by molar-refractivity contribution is 0.428. The summed E-state index contributed by atoms with van der Waals surface area (Å²) in [5.41, 5.74) is 0.866. The van der Waals surface area contributed by atoms with Crippen molar-refractivity contribution in [3.05, 3.63) is 64.2 Å². The Bertz CT molecular complexity index is 543. The smallest absolute Gasteiger partial charge is 0.343 e. The van der Waals surface area contributed by atoms with Crippen LogP contribution in [0.4, 0.5) is 0 Å². The molecular formula is C14H14O3. The van der Waals surface area contributed by atoms with Crippen LogP contribution in [0.3, 0.4) is 0 Å². The van der Waals surface area contributed by atoms with E-state index >= 15 is 0 Å². The van der Waals surface area contributed by atoms with Gasteiger partial charge in [0.2, 0.25) is 0 Å². The summed E-state index contributed by atoms with van der Waals surface area (Å²) in [4.78, 5) is 11.7. The van der Waals surface area contributed by atoms with Crippen LogP contribution in [0.15, 0.2) is 51.9 Å². The Balaban J connectivity index is 2.54. The van der Waals surface area contributed by atoms with Gasteiger partial charge in [0.05, 0.1) is 11.8 Å². The molecule has 3 heteroatoms. The quantitative estimate of drug-likeness (QED) is 0.882. The fraction of sp³-hybridized carbons (Fsp3) is 0.214. The Morgan fingerprint density at radius 3 is 2.53 bits per heavy atom. The molecule has 0 saturated heterocycles. The van der Waals surface area contributed by atoms with Crippen LogP contribution in [-0.2, 0) is 0 Å². The van der Waals surface area contributed by atoms with Gasteiger partial charge in [0.15, 0.2) is 0 Å². The van der Waals surface area contributed by atoms with Gasteiger partial charge in [-0.3, -0.25) is 0 Å². The summed E-state index contributed by atoms with van der Waals surface area (Å²) in [6.07, 6.45) is 1.94. The molecule has 0 radical (unpaired) electrons. The van der Waals surface area contributed by atoms with Crippen LogP contribution in [0.1, 0.15) is 30.4 Å². The van der Waals surface area contributed by atoms with E-state index in [9.17, 15) is 9.90 Å². The van der Waals surface area contributed by atoms with Crippen LogP contribution in [0.25, 0.3) is 0 Å². The molecule has 0 spiro atoms. The fourth-order valence-corrected chi connectivity index (χ4v) is 2.03. The third-order valence-electron chi connectivity index (χ3n) is 2.86. The molecule has 0 amide bonds. The molecule has 3 nitrogen and oxygen atoms in total. The first-order valence-corrected chi connectivity index (χ1v) is 5.59. The molecule has 1 atom stereocenters. The van der Waals surface area contributed by atoms with Gasteiger partial charge < -0.3 is 9.52 Å². The standard InChI is InChI=1S/C14H14O3/c1-2-11(10-6-4-3-5-7-10)13-12(15)8-9-17-14(13)16/h3-9,11,15H,2H2,1H3. The van der Waals surface area contributed by atoms with E-state index in [1.54, 1.807) is 0 Å². The first-order chi connectivity index (χ1) is 8.24. The molecule has 0 aliphatic carbocycles. The van der Waals surface area contributed by atoms with Crippen molar-refractivity contribution in [3.63, 3.8) is 0 Å². The second-order valence-corrected chi connectivity index (χ2v) is 3.88. The molecule has 1 N–H and O–H groups in total. The van der Waals surface area contributed by atoms with Crippen molar-refractivity contribution in [3.8, 4) is 5.75 Å². The normalized spacial score (nSPS) is 12.3. The molecule has 1 heterocycles. The topological polar surface area (TPSA) is 50.4 Å². The van der Waals surface area contributed by atoms with Gasteiger partial charge in [-0.05, 0) is 12.0 Å². The van der Waals surface area contributed by atoms with Gasteiger partial charge in [-0.2, -0.15) is 0 Å². The zero-order valence-corrected chi connectivity index (χ0v) is 9.59. The van der Waals surface area contributed by atoms with Crippen molar-refractivity contribution in [1.82, 2.24) is 0 Å². The lowest BCUT2D eigenvalue weighted by Gasteiger charge is -2.15. The summed E-state index contributed by atoms with van der Waals surface area (Å²) in [5, 5.41) is 9.79. The molecule has 2 rings (SSSR count). The van der Waals surface area contributed by atoms with Gasteiger partial charge in [-0.1, -0.05) is 37.3 Å². The highest BCUT2D eigenvalue weighted by Gasteiger charge is 2.20. The van der Waals surface area contributed by atoms with Crippen LogP contribution < -0.4 is 5.63 Å². The van der Waals surface area contributed by atoms with Crippen molar-refractivity contribution in [2.24, 2.45) is 0 Å². The Kier molecular flexibility index (Phi) is 3.28. The van der Waals surface area contributed by atoms with Gasteiger partial charge in [0.1, 0.15) is 5.75 Å². The van der Waals surface area contributed by atoms with E-state index in [-0.39, 0.29) is 11.7 Å². The van der Waals surface area contributed by atoms with Gasteiger partial charge in [0.25, 0.3) is 0 Å². The largest absolute Gasteiger partial charge is 0.507 e. The maximum absolute atomic E-state index is 11.7. The average molecular weight is 230 g/mol. The average Bonchev–Trinajstić information content (AvgIpc) is 2.35. The molecule has 17 heavy (non-hydrogen) atoms. The first kappa shape index (κ1) is 11.5. The minimum absolute atomic E-state index is 0.00282. The lowest BCUT2D eigenvalue weighted by Crippen LogP contribution is -2.13. The molecule has 0 fully saturated rings. The molecule has 0 aliphatic heterocycles. The molecule has 1 unspecified atom stereocenters. The number of rotatable bonds is 3. The number of benzene rings is 1. The predicted octanol–water partition coefficient (Wildman–Crippen LogP) is 2.89. The third kappa shape index (κ3) is 2.23. The lowest BCUT2D eigenvalue weighted by atomic mass is 9.90. The minimum atomic E-state index is -0.472. The zero-order chi connectivity index (χ0) is 12.3. The van der Waals surface area contributed by atoms with Crippen molar-refractivity contribution in [1.29, 1.82) is 0 Å². The third-order valence-corrected chi connectivity index (χ3v) is 2.86. The summed E-state index contributed by atoms with van der Waals surface area (Å²) in [7, 11) is 0. The number of hydrogen-bond acceptors (Lipinski definition) is 3. The molecule has 1 aromatic heterocycles. The minimum Gasteiger partial charge on any atom is -0.507 e. The SMILES string of the molecule is CCC(c1ccccc1)c1c(O)ccoc1=O. The molecule has 0 aliphatic rings. The van der Waals surface area contributed by atoms with Crippen molar-refractivity contribution >= 4 is 0 Å². The molecule has 1 aromatic carbocycles. The molecule has 0 saturated carbocycles. The maximum Gasteiger partial charge on any atom is 0.343 e. The van der Waals surface area contributed by atoms with Gasteiger partial charge in [-0.25, -0.2) is 4.79 Å². The summed E-state index contributed by atoms with van der Waals surface area (Å²) in [5.74, 6) is -0.134. The van der Waals surface area contributed by atoms with E-state index in [2.05, 4.69) is 0 Å². The second-order valence-electron chi connectivity index (χ2n) is 3.88. The van der Waals surface area contributed by atoms with E-state index in [0.29, 0.717) is 5.56 Å². The summed E-state index contributed by atoms with van der Waals surface area (Å²) in [6, 6.07) is 11.0. The Hall–Kier alpha value is -2.03.